The highest BCUT2D eigenvalue weighted by atomic mass is 35.5. The molecule has 0 atom stereocenters. The molecule has 2 aromatic carbocycles. The zero-order valence-electron chi connectivity index (χ0n) is 10.9. The average molecular weight is 347 g/mol. The molecule has 0 saturated carbocycles. The van der Waals surface area contributed by atoms with E-state index < -0.39 is 10.0 Å². The van der Waals surface area contributed by atoms with E-state index in [1.165, 1.54) is 37.4 Å². The minimum atomic E-state index is -3.84. The Kier molecular flexibility index (Phi) is 4.51. The van der Waals surface area contributed by atoms with Gasteiger partial charge in [-0.2, -0.15) is 0 Å². The third-order valence-electron chi connectivity index (χ3n) is 2.65. The number of sulfonamides is 1. The topological polar surface area (TPSA) is 81.4 Å². The number of benzene rings is 2. The molecule has 8 heteroatoms. The minimum Gasteiger partial charge on any atom is -0.497 e. The number of hydrogen-bond acceptors (Lipinski definition) is 4. The van der Waals surface area contributed by atoms with Gasteiger partial charge in [0, 0.05) is 16.1 Å². The van der Waals surface area contributed by atoms with E-state index in [9.17, 15) is 8.42 Å². The second-order valence-corrected chi connectivity index (χ2v) is 6.72. The molecular weight excluding hydrogens is 335 g/mol. The lowest BCUT2D eigenvalue weighted by Gasteiger charge is -2.12. The standard InChI is InChI=1S/C13H12Cl2N2O3S/c1-20-10-2-3-13(12(16)7-10)17-21(18,19)11-5-8(14)4-9(15)6-11/h2-7,17H,16H2,1H3. The molecule has 2 aromatic rings. The zero-order chi connectivity index (χ0) is 15.6. The van der Waals surface area contributed by atoms with Gasteiger partial charge in [-0.1, -0.05) is 23.2 Å². The predicted molar refractivity (Wildman–Crippen MR) is 84.7 cm³/mol. The van der Waals surface area contributed by atoms with Crippen LogP contribution >= 0.6 is 23.2 Å². The van der Waals surface area contributed by atoms with Crippen LogP contribution in [0, 0.1) is 0 Å². The number of halogens is 2. The largest absolute Gasteiger partial charge is 0.497 e. The third-order valence-corrected chi connectivity index (χ3v) is 4.43. The molecule has 0 aliphatic carbocycles. The van der Waals surface area contributed by atoms with Crippen molar-refractivity contribution in [1.29, 1.82) is 0 Å². The second kappa shape index (κ2) is 6.01. The van der Waals surface area contributed by atoms with Gasteiger partial charge in [-0.25, -0.2) is 8.42 Å². The fourth-order valence-corrected chi connectivity index (χ4v) is 3.46. The van der Waals surface area contributed by atoms with Gasteiger partial charge in [0.2, 0.25) is 0 Å². The Morgan fingerprint density at radius 1 is 1.10 bits per heavy atom. The summed E-state index contributed by atoms with van der Waals surface area (Å²) in [5, 5.41) is 0.455. The Hall–Kier alpha value is -1.63. The van der Waals surface area contributed by atoms with Crippen LogP contribution in [0.1, 0.15) is 0 Å². The first-order chi connectivity index (χ1) is 9.81. The van der Waals surface area contributed by atoms with Gasteiger partial charge in [-0.3, -0.25) is 4.72 Å². The first-order valence-electron chi connectivity index (χ1n) is 5.74. The molecule has 0 aliphatic rings. The Bertz CT molecular complexity index is 759. The maximum atomic E-state index is 12.3. The van der Waals surface area contributed by atoms with Crippen LogP contribution in [0.15, 0.2) is 41.3 Å². The van der Waals surface area contributed by atoms with E-state index in [1.807, 2.05) is 0 Å². The number of hydrogen-bond donors (Lipinski definition) is 2. The summed E-state index contributed by atoms with van der Waals surface area (Å²) in [5.41, 5.74) is 6.27. The summed E-state index contributed by atoms with van der Waals surface area (Å²) in [5.74, 6) is 0.529. The molecule has 0 amide bonds. The highest BCUT2D eigenvalue weighted by molar-refractivity contribution is 7.92. The van der Waals surface area contributed by atoms with Crippen LogP contribution in [0.4, 0.5) is 11.4 Å². The summed E-state index contributed by atoms with van der Waals surface area (Å²) in [7, 11) is -2.35. The smallest absolute Gasteiger partial charge is 0.262 e. The van der Waals surface area contributed by atoms with Gasteiger partial charge < -0.3 is 10.5 Å². The van der Waals surface area contributed by atoms with Crippen molar-refractivity contribution in [3.63, 3.8) is 0 Å². The summed E-state index contributed by atoms with van der Waals surface area (Å²) in [6.45, 7) is 0. The quantitative estimate of drug-likeness (QED) is 0.831. The molecule has 0 bridgehead atoms. The average Bonchev–Trinajstić information content (AvgIpc) is 2.40. The Labute approximate surface area is 132 Å². The number of nitrogens with one attached hydrogen (secondary N) is 1. The highest BCUT2D eigenvalue weighted by Crippen LogP contribution is 2.28. The zero-order valence-corrected chi connectivity index (χ0v) is 13.3. The van der Waals surface area contributed by atoms with E-state index in [1.54, 1.807) is 6.07 Å². The lowest BCUT2D eigenvalue weighted by molar-refractivity contribution is 0.415. The van der Waals surface area contributed by atoms with Crippen molar-refractivity contribution in [2.24, 2.45) is 0 Å². The van der Waals surface area contributed by atoms with Crippen LogP contribution in [-0.2, 0) is 10.0 Å². The first kappa shape index (κ1) is 15.8. The molecular formula is C13H12Cl2N2O3S. The molecule has 0 heterocycles. The van der Waals surface area contributed by atoms with Crippen LogP contribution in [-0.4, -0.2) is 15.5 Å². The third kappa shape index (κ3) is 3.72. The molecule has 0 spiro atoms. The monoisotopic (exact) mass is 346 g/mol. The fourth-order valence-electron chi connectivity index (χ4n) is 1.65. The van der Waals surface area contributed by atoms with Crippen molar-refractivity contribution < 1.29 is 13.2 Å². The maximum absolute atomic E-state index is 12.3. The van der Waals surface area contributed by atoms with Crippen molar-refractivity contribution in [3.8, 4) is 5.75 Å². The lowest BCUT2D eigenvalue weighted by atomic mass is 10.2. The molecule has 0 aliphatic heterocycles. The number of nitrogens with two attached hydrogens (primary N) is 1. The van der Waals surface area contributed by atoms with Gasteiger partial charge in [0.15, 0.2) is 0 Å². The summed E-state index contributed by atoms with van der Waals surface area (Å²) in [6.07, 6.45) is 0. The van der Waals surface area contributed by atoms with E-state index >= 15 is 0 Å². The van der Waals surface area contributed by atoms with Crippen molar-refractivity contribution in [2.75, 3.05) is 17.6 Å². The van der Waals surface area contributed by atoms with Crippen LogP contribution in [0.3, 0.4) is 0 Å². The Balaban J connectivity index is 2.37. The van der Waals surface area contributed by atoms with Gasteiger partial charge >= 0.3 is 0 Å². The normalized spacial score (nSPS) is 11.2. The van der Waals surface area contributed by atoms with E-state index in [4.69, 9.17) is 33.7 Å². The van der Waals surface area contributed by atoms with Gasteiger partial charge in [0.1, 0.15) is 5.75 Å². The SMILES string of the molecule is COc1ccc(NS(=O)(=O)c2cc(Cl)cc(Cl)c2)c(N)c1. The van der Waals surface area contributed by atoms with Gasteiger partial charge in [-0.05, 0) is 30.3 Å². The second-order valence-electron chi connectivity index (χ2n) is 4.16. The van der Waals surface area contributed by atoms with Gasteiger partial charge in [0.25, 0.3) is 10.0 Å². The lowest BCUT2D eigenvalue weighted by Crippen LogP contribution is -2.14. The number of rotatable bonds is 4. The van der Waals surface area contributed by atoms with Crippen molar-refractivity contribution in [1.82, 2.24) is 0 Å². The predicted octanol–water partition coefficient (Wildman–Crippen LogP) is 3.39. The van der Waals surface area contributed by atoms with Crippen molar-refractivity contribution >= 4 is 44.6 Å². The molecule has 3 N–H and O–H groups in total. The summed E-state index contributed by atoms with van der Waals surface area (Å²) in [4.78, 5) is -0.0461. The van der Waals surface area contributed by atoms with Gasteiger partial charge in [0.05, 0.1) is 23.4 Å². The molecule has 2 rings (SSSR count). The van der Waals surface area contributed by atoms with E-state index in [-0.39, 0.29) is 26.3 Å². The van der Waals surface area contributed by atoms with Crippen LogP contribution < -0.4 is 15.2 Å². The summed E-state index contributed by atoms with van der Waals surface area (Å²) < 4.78 is 32.0. The molecule has 0 radical (unpaired) electrons. The Morgan fingerprint density at radius 3 is 2.24 bits per heavy atom. The summed E-state index contributed by atoms with van der Waals surface area (Å²) >= 11 is 11.6. The van der Waals surface area contributed by atoms with E-state index in [2.05, 4.69) is 4.72 Å². The molecule has 21 heavy (non-hydrogen) atoms. The molecule has 0 fully saturated rings. The Morgan fingerprint density at radius 2 is 1.71 bits per heavy atom. The number of nitrogen functional groups attached to an aromatic ring is 1. The van der Waals surface area contributed by atoms with Crippen molar-refractivity contribution in [2.45, 2.75) is 4.90 Å². The molecule has 112 valence electrons. The van der Waals surface area contributed by atoms with E-state index in [0.29, 0.717) is 5.75 Å². The minimum absolute atomic E-state index is 0.0461. The highest BCUT2D eigenvalue weighted by Gasteiger charge is 2.17. The first-order valence-corrected chi connectivity index (χ1v) is 7.98. The van der Waals surface area contributed by atoms with Crippen LogP contribution in [0.2, 0.25) is 10.0 Å². The summed E-state index contributed by atoms with van der Waals surface area (Å²) in [6, 6.07) is 8.68. The number of methoxy groups -OCH3 is 1. The van der Waals surface area contributed by atoms with Crippen LogP contribution in [0.25, 0.3) is 0 Å². The molecule has 0 unspecified atom stereocenters. The number of ether oxygens (including phenoxy) is 1. The maximum Gasteiger partial charge on any atom is 0.262 e. The fraction of sp³-hybridized carbons (Fsp3) is 0.0769. The van der Waals surface area contributed by atoms with E-state index in [0.717, 1.165) is 0 Å². The van der Waals surface area contributed by atoms with Crippen molar-refractivity contribution in [3.05, 3.63) is 46.4 Å². The van der Waals surface area contributed by atoms with Crippen LogP contribution in [0.5, 0.6) is 5.75 Å². The number of anilines is 2. The molecule has 0 aromatic heterocycles. The van der Waals surface area contributed by atoms with Gasteiger partial charge in [-0.15, -0.1) is 0 Å². The molecule has 0 saturated heterocycles. The molecule has 5 nitrogen and oxygen atoms in total.